The summed E-state index contributed by atoms with van der Waals surface area (Å²) in [6.45, 7) is 2.09. The summed E-state index contributed by atoms with van der Waals surface area (Å²) in [7, 11) is 1.58. The highest BCUT2D eigenvalue weighted by atomic mass is 32.2. The monoisotopic (exact) mass is 275 g/mol. The Morgan fingerprint density at radius 3 is 2.74 bits per heavy atom. The number of methoxy groups -OCH3 is 1. The van der Waals surface area contributed by atoms with Gasteiger partial charge in [0.25, 0.3) is 0 Å². The van der Waals surface area contributed by atoms with Gasteiger partial charge in [0.05, 0.1) is 13.2 Å². The van der Waals surface area contributed by atoms with Crippen molar-refractivity contribution < 1.29 is 4.74 Å². The highest BCUT2D eigenvalue weighted by Crippen LogP contribution is 2.27. The van der Waals surface area contributed by atoms with Crippen molar-refractivity contribution in [2.24, 2.45) is 5.73 Å². The highest BCUT2D eigenvalue weighted by molar-refractivity contribution is 7.99. The molecule has 0 radical (unpaired) electrons. The van der Waals surface area contributed by atoms with Gasteiger partial charge in [0.15, 0.2) is 0 Å². The van der Waals surface area contributed by atoms with Crippen LogP contribution in [0.15, 0.2) is 41.6 Å². The van der Waals surface area contributed by atoms with Gasteiger partial charge in [0.1, 0.15) is 5.69 Å². The zero-order valence-corrected chi connectivity index (χ0v) is 11.9. The molecule has 0 saturated heterocycles. The van der Waals surface area contributed by atoms with Crippen LogP contribution in [-0.2, 0) is 0 Å². The van der Waals surface area contributed by atoms with Gasteiger partial charge in [-0.15, -0.1) is 11.8 Å². The number of hydrogen-bond acceptors (Lipinski definition) is 5. The first-order chi connectivity index (χ1) is 9.22. The summed E-state index contributed by atoms with van der Waals surface area (Å²) in [5, 5.41) is 0. The Morgan fingerprint density at radius 1 is 1.26 bits per heavy atom. The van der Waals surface area contributed by atoms with Crippen LogP contribution in [0.4, 0.5) is 0 Å². The lowest BCUT2D eigenvalue weighted by molar-refractivity contribution is 0.386. The first-order valence-corrected chi connectivity index (χ1v) is 7.00. The molecule has 0 spiro atoms. The van der Waals surface area contributed by atoms with Crippen LogP contribution in [0, 0.1) is 6.92 Å². The molecule has 4 nitrogen and oxygen atoms in total. The van der Waals surface area contributed by atoms with E-state index in [0.717, 1.165) is 5.75 Å². The Balaban J connectivity index is 2.05. The second-order valence-electron chi connectivity index (χ2n) is 4.13. The molecule has 100 valence electrons. The van der Waals surface area contributed by atoms with Crippen LogP contribution in [0.3, 0.4) is 0 Å². The number of rotatable bonds is 5. The van der Waals surface area contributed by atoms with Crippen molar-refractivity contribution >= 4 is 11.8 Å². The van der Waals surface area contributed by atoms with E-state index in [1.807, 2.05) is 12.1 Å². The summed E-state index contributed by atoms with van der Waals surface area (Å²) in [6, 6.07) is 8.06. The first-order valence-electron chi connectivity index (χ1n) is 6.01. The Hall–Kier alpha value is -1.59. The maximum atomic E-state index is 6.17. The van der Waals surface area contributed by atoms with Crippen molar-refractivity contribution in [3.05, 3.63) is 47.9 Å². The summed E-state index contributed by atoms with van der Waals surface area (Å²) >= 11 is 1.72. The number of thioether (sulfide) groups is 1. The van der Waals surface area contributed by atoms with Gasteiger partial charge in [0, 0.05) is 23.0 Å². The molecule has 0 amide bonds. The third-order valence-corrected chi connectivity index (χ3v) is 4.04. The largest absolute Gasteiger partial charge is 0.480 e. The van der Waals surface area contributed by atoms with Gasteiger partial charge in [-0.1, -0.05) is 18.2 Å². The molecule has 1 aromatic heterocycles. The molecule has 0 bridgehead atoms. The Morgan fingerprint density at radius 2 is 2.00 bits per heavy atom. The van der Waals surface area contributed by atoms with E-state index in [9.17, 15) is 0 Å². The molecule has 0 aliphatic rings. The second kappa shape index (κ2) is 6.54. The molecule has 1 heterocycles. The number of nitrogens with zero attached hydrogens (tertiary/aromatic N) is 2. The fourth-order valence-corrected chi connectivity index (χ4v) is 2.71. The van der Waals surface area contributed by atoms with Crippen LogP contribution >= 0.6 is 11.8 Å². The third-order valence-electron chi connectivity index (χ3n) is 2.75. The number of nitrogens with two attached hydrogens (primary N) is 1. The normalized spacial score (nSPS) is 12.2. The Labute approximate surface area is 117 Å². The summed E-state index contributed by atoms with van der Waals surface area (Å²) in [4.78, 5) is 9.61. The minimum Gasteiger partial charge on any atom is -0.480 e. The summed E-state index contributed by atoms with van der Waals surface area (Å²) < 4.78 is 5.18. The number of aryl methyl sites for hydroxylation is 1. The molecule has 2 N–H and O–H groups in total. The highest BCUT2D eigenvalue weighted by Gasteiger charge is 2.15. The van der Waals surface area contributed by atoms with E-state index in [0.29, 0.717) is 11.6 Å². The first kappa shape index (κ1) is 13.8. The van der Waals surface area contributed by atoms with Crippen LogP contribution in [0.2, 0.25) is 0 Å². The van der Waals surface area contributed by atoms with Crippen LogP contribution in [0.1, 0.15) is 17.3 Å². The Bertz CT molecular complexity index is 548. The van der Waals surface area contributed by atoms with E-state index in [4.69, 9.17) is 10.5 Å². The van der Waals surface area contributed by atoms with Crippen molar-refractivity contribution in [1.82, 2.24) is 9.97 Å². The van der Waals surface area contributed by atoms with Gasteiger partial charge in [-0.3, -0.25) is 4.98 Å². The second-order valence-corrected chi connectivity index (χ2v) is 5.20. The SMILES string of the molecule is COc1nccnc1C(N)CSc1ccccc1C. The van der Waals surface area contributed by atoms with Gasteiger partial charge in [-0.2, -0.15) is 0 Å². The van der Waals surface area contributed by atoms with Crippen molar-refractivity contribution in [2.75, 3.05) is 12.9 Å². The predicted octanol–water partition coefficient (Wildman–Crippen LogP) is 2.59. The molecule has 2 aromatic rings. The molecule has 1 unspecified atom stereocenters. The zero-order chi connectivity index (χ0) is 13.7. The van der Waals surface area contributed by atoms with Crippen LogP contribution in [0.25, 0.3) is 0 Å². The fraction of sp³-hybridized carbons (Fsp3) is 0.286. The summed E-state index contributed by atoms with van der Waals surface area (Å²) in [5.74, 6) is 1.24. The van der Waals surface area contributed by atoms with Crippen molar-refractivity contribution in [1.29, 1.82) is 0 Å². The molecule has 5 heteroatoms. The minimum absolute atomic E-state index is 0.201. The molecule has 1 aromatic carbocycles. The summed E-state index contributed by atoms with van der Waals surface area (Å²) in [5.41, 5.74) is 8.12. The Kier molecular flexibility index (Phi) is 4.76. The van der Waals surface area contributed by atoms with E-state index < -0.39 is 0 Å². The average Bonchev–Trinajstić information content (AvgIpc) is 2.46. The smallest absolute Gasteiger partial charge is 0.237 e. The van der Waals surface area contributed by atoms with Gasteiger partial charge in [-0.05, 0) is 18.6 Å². The lowest BCUT2D eigenvalue weighted by atomic mass is 10.2. The molecule has 0 fully saturated rings. The van der Waals surface area contributed by atoms with E-state index in [1.54, 1.807) is 31.3 Å². The minimum atomic E-state index is -0.201. The molecule has 1 atom stereocenters. The quantitative estimate of drug-likeness (QED) is 0.850. The number of ether oxygens (including phenoxy) is 1. The molecular formula is C14H17N3OS. The number of hydrogen-bond donors (Lipinski definition) is 1. The molecule has 0 aliphatic carbocycles. The predicted molar refractivity (Wildman–Crippen MR) is 77.4 cm³/mol. The topological polar surface area (TPSA) is 61.0 Å². The third kappa shape index (κ3) is 3.45. The molecule has 0 aliphatic heterocycles. The number of benzene rings is 1. The summed E-state index contributed by atoms with van der Waals surface area (Å²) in [6.07, 6.45) is 3.24. The van der Waals surface area contributed by atoms with Crippen molar-refractivity contribution in [3.63, 3.8) is 0 Å². The standard InChI is InChI=1S/C14H17N3OS/c1-10-5-3-4-6-12(10)19-9-11(15)13-14(18-2)17-8-7-16-13/h3-8,11H,9,15H2,1-2H3. The average molecular weight is 275 g/mol. The number of aromatic nitrogens is 2. The van der Waals surface area contributed by atoms with Crippen LogP contribution < -0.4 is 10.5 Å². The molecule has 19 heavy (non-hydrogen) atoms. The van der Waals surface area contributed by atoms with E-state index in [1.165, 1.54) is 10.5 Å². The van der Waals surface area contributed by atoms with Gasteiger partial charge >= 0.3 is 0 Å². The maximum absolute atomic E-state index is 6.17. The molecule has 2 rings (SSSR count). The van der Waals surface area contributed by atoms with Crippen molar-refractivity contribution in [3.8, 4) is 5.88 Å². The van der Waals surface area contributed by atoms with Crippen molar-refractivity contribution in [2.45, 2.75) is 17.9 Å². The van der Waals surface area contributed by atoms with Gasteiger partial charge < -0.3 is 10.5 Å². The van der Waals surface area contributed by atoms with Crippen LogP contribution in [-0.4, -0.2) is 22.8 Å². The van der Waals surface area contributed by atoms with Gasteiger partial charge in [0.2, 0.25) is 5.88 Å². The molecular weight excluding hydrogens is 258 g/mol. The van der Waals surface area contributed by atoms with Gasteiger partial charge in [-0.25, -0.2) is 4.98 Å². The molecule has 0 saturated carbocycles. The fourth-order valence-electron chi connectivity index (χ4n) is 1.72. The lowest BCUT2D eigenvalue weighted by Gasteiger charge is -2.13. The van der Waals surface area contributed by atoms with E-state index in [-0.39, 0.29) is 6.04 Å². The zero-order valence-electron chi connectivity index (χ0n) is 11.0. The van der Waals surface area contributed by atoms with E-state index in [2.05, 4.69) is 29.0 Å². The lowest BCUT2D eigenvalue weighted by Crippen LogP contribution is -2.16. The van der Waals surface area contributed by atoms with E-state index >= 15 is 0 Å². The van der Waals surface area contributed by atoms with Crippen LogP contribution in [0.5, 0.6) is 5.88 Å². The maximum Gasteiger partial charge on any atom is 0.237 e.